The molecular weight excluding hydrogens is 354 g/mol. The van der Waals surface area contributed by atoms with Gasteiger partial charge in [0.1, 0.15) is 10.4 Å². The number of hydrogen-bond acceptors (Lipinski definition) is 5. The Morgan fingerprint density at radius 2 is 2.08 bits per heavy atom. The molecule has 2 N–H and O–H groups in total. The number of aldehydes is 1. The molecule has 0 aromatic carbocycles. The van der Waals surface area contributed by atoms with Crippen molar-refractivity contribution in [1.82, 2.24) is 14.6 Å². The standard InChI is InChI=1S/C18H25N3O4S/c1-17(2,3)26(25)20-15-13-5-4-12(11-22)19-14(13)10-18(15)6-8-21(9-7-18)16(23)24/h4-5,11,15,20H,6-10H2,1-3H3,(H,23,24)/t15-,26?/m1/s1. The molecule has 1 aromatic rings. The van der Waals surface area contributed by atoms with Crippen molar-refractivity contribution in [1.29, 1.82) is 0 Å². The molecule has 1 aromatic heterocycles. The third-order valence-electron chi connectivity index (χ3n) is 5.41. The fraction of sp³-hybridized carbons (Fsp3) is 0.611. The van der Waals surface area contributed by atoms with Crippen LogP contribution in [0.4, 0.5) is 4.79 Å². The molecule has 2 aliphatic rings. The van der Waals surface area contributed by atoms with Crippen molar-refractivity contribution >= 4 is 23.7 Å². The number of piperidine rings is 1. The van der Waals surface area contributed by atoms with E-state index in [0.717, 1.165) is 17.5 Å². The van der Waals surface area contributed by atoms with E-state index in [0.29, 0.717) is 38.0 Å². The smallest absolute Gasteiger partial charge is 0.407 e. The number of rotatable bonds is 3. The maximum absolute atomic E-state index is 12.8. The molecule has 1 aliphatic heterocycles. The van der Waals surface area contributed by atoms with E-state index in [4.69, 9.17) is 0 Å². The third-order valence-corrected chi connectivity index (χ3v) is 6.97. The SMILES string of the molecule is CC(C)(C)[S+]([O-])N[C@@H]1c2ccc(C=O)nc2CC12CCN(C(=O)O)CC2. The minimum atomic E-state index is -1.26. The normalized spacial score (nSPS) is 22.9. The van der Waals surface area contributed by atoms with Crippen LogP contribution in [0, 0.1) is 5.41 Å². The van der Waals surface area contributed by atoms with Crippen LogP contribution in [0.2, 0.25) is 0 Å². The first-order valence-corrected chi connectivity index (χ1v) is 9.92. The van der Waals surface area contributed by atoms with Gasteiger partial charge < -0.3 is 14.6 Å². The van der Waals surface area contributed by atoms with Crippen LogP contribution in [0.15, 0.2) is 12.1 Å². The molecule has 0 saturated carbocycles. The van der Waals surface area contributed by atoms with E-state index in [9.17, 15) is 19.2 Å². The highest BCUT2D eigenvalue weighted by Gasteiger charge is 2.51. The van der Waals surface area contributed by atoms with Crippen molar-refractivity contribution < 1.29 is 19.2 Å². The summed E-state index contributed by atoms with van der Waals surface area (Å²) in [5, 5.41) is 9.24. The molecule has 1 spiro atoms. The quantitative estimate of drug-likeness (QED) is 0.617. The summed E-state index contributed by atoms with van der Waals surface area (Å²) in [5.74, 6) is 0. The van der Waals surface area contributed by atoms with E-state index < -0.39 is 22.2 Å². The summed E-state index contributed by atoms with van der Waals surface area (Å²) >= 11 is -1.26. The highest BCUT2D eigenvalue weighted by Crippen LogP contribution is 2.52. The van der Waals surface area contributed by atoms with Crippen LogP contribution in [0.3, 0.4) is 0 Å². The lowest BCUT2D eigenvalue weighted by Gasteiger charge is -2.42. The van der Waals surface area contributed by atoms with Gasteiger partial charge in [0.25, 0.3) is 0 Å². The Bertz CT molecular complexity index is 711. The Balaban J connectivity index is 1.93. The van der Waals surface area contributed by atoms with Crippen LogP contribution in [0.5, 0.6) is 0 Å². The average molecular weight is 379 g/mol. The molecule has 1 aliphatic carbocycles. The number of nitrogens with zero attached hydrogens (tertiary/aromatic N) is 2. The van der Waals surface area contributed by atoms with Gasteiger partial charge in [0.2, 0.25) is 0 Å². The summed E-state index contributed by atoms with van der Waals surface area (Å²) in [5.41, 5.74) is 1.97. The Kier molecular flexibility index (Phi) is 5.02. The minimum Gasteiger partial charge on any atom is -0.598 e. The summed E-state index contributed by atoms with van der Waals surface area (Å²) < 4.78 is 15.7. The number of pyridine rings is 1. The Morgan fingerprint density at radius 3 is 2.62 bits per heavy atom. The Morgan fingerprint density at radius 1 is 1.42 bits per heavy atom. The van der Waals surface area contributed by atoms with Crippen molar-refractivity contribution in [2.45, 2.75) is 50.8 Å². The van der Waals surface area contributed by atoms with Crippen molar-refractivity contribution in [3.8, 4) is 0 Å². The van der Waals surface area contributed by atoms with Crippen LogP contribution >= 0.6 is 0 Å². The molecule has 0 radical (unpaired) electrons. The molecule has 0 bridgehead atoms. The van der Waals surface area contributed by atoms with Gasteiger partial charge in [-0.15, -0.1) is 4.72 Å². The Hall–Kier alpha value is -1.64. The van der Waals surface area contributed by atoms with Crippen LogP contribution in [0.1, 0.15) is 61.4 Å². The molecule has 3 rings (SSSR count). The molecule has 1 fully saturated rings. The highest BCUT2D eigenvalue weighted by atomic mass is 32.2. The van der Waals surface area contributed by atoms with E-state index >= 15 is 0 Å². The second-order valence-corrected chi connectivity index (χ2v) is 10.1. The zero-order valence-corrected chi connectivity index (χ0v) is 16.1. The number of aromatic nitrogens is 1. The average Bonchev–Trinajstić information content (AvgIpc) is 2.86. The molecule has 1 saturated heterocycles. The summed E-state index contributed by atoms with van der Waals surface area (Å²) in [4.78, 5) is 28.2. The van der Waals surface area contributed by atoms with E-state index in [2.05, 4.69) is 9.71 Å². The minimum absolute atomic E-state index is 0.165. The molecule has 1 unspecified atom stereocenters. The fourth-order valence-corrected chi connectivity index (χ4v) is 4.79. The number of carboxylic acid groups (broad SMARTS) is 1. The van der Waals surface area contributed by atoms with Gasteiger partial charge in [-0.1, -0.05) is 6.07 Å². The van der Waals surface area contributed by atoms with Crippen molar-refractivity contribution in [2.75, 3.05) is 13.1 Å². The second kappa shape index (κ2) is 6.83. The van der Waals surface area contributed by atoms with Gasteiger partial charge >= 0.3 is 6.09 Å². The molecule has 142 valence electrons. The first kappa shape index (κ1) is 19.1. The van der Waals surface area contributed by atoms with Gasteiger partial charge in [-0.2, -0.15) is 0 Å². The van der Waals surface area contributed by atoms with Crippen LogP contribution < -0.4 is 4.72 Å². The third kappa shape index (κ3) is 3.45. The van der Waals surface area contributed by atoms with Gasteiger partial charge in [0, 0.05) is 35.6 Å². The predicted octanol–water partition coefficient (Wildman–Crippen LogP) is 2.30. The summed E-state index contributed by atoms with van der Waals surface area (Å²) in [6, 6.07) is 3.41. The zero-order chi connectivity index (χ0) is 19.1. The van der Waals surface area contributed by atoms with E-state index in [1.807, 2.05) is 26.8 Å². The number of amides is 1. The molecule has 7 nitrogen and oxygen atoms in total. The van der Waals surface area contributed by atoms with Crippen LogP contribution in [-0.4, -0.2) is 49.8 Å². The first-order valence-electron chi connectivity index (χ1n) is 8.77. The maximum Gasteiger partial charge on any atom is 0.407 e. The molecule has 2 atom stereocenters. The van der Waals surface area contributed by atoms with Gasteiger partial charge in [0.05, 0.1) is 6.04 Å². The Labute approximate surface area is 156 Å². The molecular formula is C18H25N3O4S. The van der Waals surface area contributed by atoms with Gasteiger partial charge in [-0.3, -0.25) is 4.79 Å². The van der Waals surface area contributed by atoms with Crippen LogP contribution in [0.25, 0.3) is 0 Å². The highest BCUT2D eigenvalue weighted by molar-refractivity contribution is 7.90. The maximum atomic E-state index is 12.8. The molecule has 26 heavy (non-hydrogen) atoms. The summed E-state index contributed by atoms with van der Waals surface area (Å²) in [6.07, 6.45) is 1.83. The topological polar surface area (TPSA) is 106 Å². The second-order valence-electron chi connectivity index (χ2n) is 8.13. The monoisotopic (exact) mass is 379 g/mol. The first-order chi connectivity index (χ1) is 12.2. The summed E-state index contributed by atoms with van der Waals surface area (Å²) in [7, 11) is 0. The number of nitrogens with one attached hydrogen (secondary N) is 1. The lowest BCUT2D eigenvalue weighted by atomic mass is 9.73. The van der Waals surface area contributed by atoms with Gasteiger partial charge in [-0.25, -0.2) is 9.78 Å². The molecule has 8 heteroatoms. The van der Waals surface area contributed by atoms with Crippen LogP contribution in [-0.2, 0) is 17.8 Å². The largest absolute Gasteiger partial charge is 0.598 e. The van der Waals surface area contributed by atoms with Gasteiger partial charge in [0.15, 0.2) is 6.29 Å². The lowest BCUT2D eigenvalue weighted by Crippen LogP contribution is -2.50. The van der Waals surface area contributed by atoms with Crippen molar-refractivity contribution in [3.05, 3.63) is 29.1 Å². The van der Waals surface area contributed by atoms with Gasteiger partial charge in [-0.05, 0) is 51.7 Å². The van der Waals surface area contributed by atoms with E-state index in [1.165, 1.54) is 4.90 Å². The number of fused-ring (bicyclic) bond motifs is 1. The number of carbonyl (C=O) groups is 2. The fourth-order valence-electron chi connectivity index (χ4n) is 3.85. The predicted molar refractivity (Wildman–Crippen MR) is 98.4 cm³/mol. The summed E-state index contributed by atoms with van der Waals surface area (Å²) in [6.45, 7) is 6.65. The van der Waals surface area contributed by atoms with Crippen molar-refractivity contribution in [3.63, 3.8) is 0 Å². The van der Waals surface area contributed by atoms with E-state index in [1.54, 1.807) is 6.07 Å². The zero-order valence-electron chi connectivity index (χ0n) is 15.3. The van der Waals surface area contributed by atoms with E-state index in [-0.39, 0.29) is 11.5 Å². The number of likely N-dealkylation sites (tertiary alicyclic amines) is 1. The lowest BCUT2D eigenvalue weighted by molar-refractivity contribution is 0.0762. The van der Waals surface area contributed by atoms with Crippen molar-refractivity contribution in [2.24, 2.45) is 5.41 Å². The number of carbonyl (C=O) groups excluding carboxylic acids is 1. The molecule has 1 amide bonds. The number of hydrogen-bond donors (Lipinski definition) is 2. The molecule has 2 heterocycles.